The van der Waals surface area contributed by atoms with E-state index in [9.17, 15) is 4.39 Å². The third kappa shape index (κ3) is 1.76. The number of benzene rings is 1. The van der Waals surface area contributed by atoms with E-state index in [1.54, 1.807) is 6.07 Å². The van der Waals surface area contributed by atoms with Gasteiger partial charge in [0.05, 0.1) is 16.1 Å². The Morgan fingerprint density at radius 3 is 2.88 bits per heavy atom. The number of aromatic nitrogens is 2. The fourth-order valence-electron chi connectivity index (χ4n) is 1.74. The Hall–Kier alpha value is -0.870. The maximum absolute atomic E-state index is 13.4. The molecule has 0 saturated heterocycles. The van der Waals surface area contributed by atoms with E-state index in [-0.39, 0.29) is 11.1 Å². The van der Waals surface area contributed by atoms with Crippen molar-refractivity contribution < 1.29 is 4.39 Å². The highest BCUT2D eigenvalue weighted by Crippen LogP contribution is 2.25. The average molecular weight is 259 g/mol. The Labute approximate surface area is 103 Å². The molecule has 86 valence electrons. The summed E-state index contributed by atoms with van der Waals surface area (Å²) in [5.74, 6) is -0.416. The number of fused-ring (bicyclic) bond motifs is 1. The largest absolute Gasteiger partial charge is 0.331 e. The van der Waals surface area contributed by atoms with Crippen LogP contribution in [-0.2, 0) is 0 Å². The molecule has 1 N–H and O–H groups in total. The Balaban J connectivity index is 2.79. The van der Waals surface area contributed by atoms with Crippen molar-refractivity contribution in [2.45, 2.75) is 26.3 Å². The van der Waals surface area contributed by atoms with Gasteiger partial charge in [0.2, 0.25) is 0 Å². The van der Waals surface area contributed by atoms with Gasteiger partial charge in [-0.3, -0.25) is 0 Å². The van der Waals surface area contributed by atoms with Crippen molar-refractivity contribution in [3.63, 3.8) is 0 Å². The number of nitrogens with zero attached hydrogens (tertiary/aromatic N) is 1. The van der Waals surface area contributed by atoms with Gasteiger partial charge in [0.25, 0.3) is 0 Å². The number of halogens is 2. The molecule has 16 heavy (non-hydrogen) atoms. The summed E-state index contributed by atoms with van der Waals surface area (Å²) >= 11 is 10.9. The zero-order chi connectivity index (χ0) is 11.9. The number of hydrogen-bond donors (Lipinski definition) is 1. The number of hydrogen-bond acceptors (Lipinski definition) is 1. The number of H-pyrrole nitrogens is 1. The Morgan fingerprint density at radius 2 is 2.25 bits per heavy atom. The molecule has 0 radical (unpaired) electrons. The monoisotopic (exact) mass is 258 g/mol. The topological polar surface area (TPSA) is 20.7 Å². The number of imidazole rings is 1. The molecule has 2 rings (SSSR count). The first-order chi connectivity index (χ1) is 7.54. The van der Waals surface area contributed by atoms with Crippen molar-refractivity contribution in [1.29, 1.82) is 0 Å². The van der Waals surface area contributed by atoms with Crippen LogP contribution in [-0.4, -0.2) is 9.55 Å². The molecule has 1 aromatic carbocycles. The Kier molecular flexibility index (Phi) is 3.04. The third-order valence-corrected chi connectivity index (χ3v) is 3.38. The van der Waals surface area contributed by atoms with Crippen molar-refractivity contribution >= 4 is 34.9 Å². The fourth-order valence-corrected chi connectivity index (χ4v) is 2.29. The van der Waals surface area contributed by atoms with E-state index in [0.29, 0.717) is 4.77 Å². The van der Waals surface area contributed by atoms with Gasteiger partial charge < -0.3 is 9.55 Å². The summed E-state index contributed by atoms with van der Waals surface area (Å²) in [7, 11) is 0. The van der Waals surface area contributed by atoms with Gasteiger partial charge in [-0.05, 0) is 31.6 Å². The summed E-state index contributed by atoms with van der Waals surface area (Å²) < 4.78 is 15.9. The summed E-state index contributed by atoms with van der Waals surface area (Å²) in [4.78, 5) is 3.04. The zero-order valence-corrected chi connectivity index (χ0v) is 10.6. The van der Waals surface area contributed by atoms with Gasteiger partial charge in [-0.25, -0.2) is 4.39 Å². The molecule has 1 atom stereocenters. The van der Waals surface area contributed by atoms with Crippen molar-refractivity contribution in [3.8, 4) is 0 Å². The lowest BCUT2D eigenvalue weighted by molar-refractivity contribution is 0.537. The summed E-state index contributed by atoms with van der Waals surface area (Å²) in [6, 6.07) is 3.23. The minimum absolute atomic E-state index is 0.111. The lowest BCUT2D eigenvalue weighted by Crippen LogP contribution is -2.03. The Morgan fingerprint density at radius 1 is 1.56 bits per heavy atom. The molecule has 0 fully saturated rings. The molecule has 0 bridgehead atoms. The highest BCUT2D eigenvalue weighted by atomic mass is 35.5. The maximum atomic E-state index is 13.4. The highest BCUT2D eigenvalue weighted by Gasteiger charge is 2.12. The fraction of sp³-hybridized carbons (Fsp3) is 0.364. The molecule has 0 aliphatic heterocycles. The normalized spacial score (nSPS) is 13.2. The molecule has 0 aliphatic carbocycles. The van der Waals surface area contributed by atoms with Crippen molar-refractivity contribution in [2.75, 3.05) is 0 Å². The summed E-state index contributed by atoms with van der Waals surface area (Å²) in [6.07, 6.45) is 0.936. The van der Waals surface area contributed by atoms with Gasteiger partial charge in [0.1, 0.15) is 5.82 Å². The van der Waals surface area contributed by atoms with Crippen LogP contribution < -0.4 is 0 Å². The number of rotatable bonds is 2. The highest BCUT2D eigenvalue weighted by molar-refractivity contribution is 7.71. The predicted molar refractivity (Wildman–Crippen MR) is 67.1 cm³/mol. The second kappa shape index (κ2) is 4.18. The SMILES string of the molecule is CCC(C)n1c(=S)[nH]c2cc(Cl)c(F)cc21. The van der Waals surface area contributed by atoms with Crippen LogP contribution in [0, 0.1) is 10.6 Å². The van der Waals surface area contributed by atoms with Crippen LogP contribution in [0.1, 0.15) is 26.3 Å². The number of nitrogens with one attached hydrogen (secondary N) is 1. The van der Waals surface area contributed by atoms with Gasteiger partial charge in [-0.1, -0.05) is 18.5 Å². The molecular formula is C11H12ClFN2S. The van der Waals surface area contributed by atoms with E-state index in [0.717, 1.165) is 17.5 Å². The average Bonchev–Trinajstić information content (AvgIpc) is 2.54. The molecule has 0 aliphatic rings. The first-order valence-electron chi connectivity index (χ1n) is 5.13. The van der Waals surface area contributed by atoms with Crippen molar-refractivity contribution in [2.24, 2.45) is 0 Å². The second-order valence-corrected chi connectivity index (χ2v) is 4.63. The van der Waals surface area contributed by atoms with Crippen LogP contribution in [0.25, 0.3) is 11.0 Å². The Bertz CT molecular complexity index is 587. The second-order valence-electron chi connectivity index (χ2n) is 3.84. The molecule has 0 spiro atoms. The van der Waals surface area contributed by atoms with Gasteiger partial charge >= 0.3 is 0 Å². The predicted octanol–water partition coefficient (Wildman–Crippen LogP) is 4.46. The lowest BCUT2D eigenvalue weighted by Gasteiger charge is -2.11. The van der Waals surface area contributed by atoms with Gasteiger partial charge in [0, 0.05) is 12.1 Å². The first kappa shape index (κ1) is 11.6. The molecule has 1 heterocycles. The molecule has 2 aromatic rings. The van der Waals surface area contributed by atoms with Gasteiger partial charge in [-0.15, -0.1) is 0 Å². The van der Waals surface area contributed by atoms with E-state index < -0.39 is 5.82 Å². The van der Waals surface area contributed by atoms with Crippen LogP contribution in [0.3, 0.4) is 0 Å². The van der Waals surface area contributed by atoms with Gasteiger partial charge in [-0.2, -0.15) is 0 Å². The van der Waals surface area contributed by atoms with E-state index >= 15 is 0 Å². The molecule has 0 amide bonds. The standard InChI is InChI=1S/C11H12ClFN2S/c1-3-6(2)15-10-5-8(13)7(12)4-9(10)14-11(15)16/h4-6H,3H2,1-2H3,(H,14,16). The molecule has 1 aromatic heterocycles. The smallest absolute Gasteiger partial charge is 0.178 e. The van der Waals surface area contributed by atoms with Crippen LogP contribution in [0.5, 0.6) is 0 Å². The molecule has 1 unspecified atom stereocenters. The zero-order valence-electron chi connectivity index (χ0n) is 9.05. The van der Waals surface area contributed by atoms with E-state index in [4.69, 9.17) is 23.8 Å². The van der Waals surface area contributed by atoms with Crippen LogP contribution in [0.15, 0.2) is 12.1 Å². The maximum Gasteiger partial charge on any atom is 0.178 e. The van der Waals surface area contributed by atoms with E-state index in [1.807, 2.05) is 4.57 Å². The molecular weight excluding hydrogens is 247 g/mol. The molecule has 0 saturated carbocycles. The minimum Gasteiger partial charge on any atom is -0.331 e. The quantitative estimate of drug-likeness (QED) is 0.789. The summed E-state index contributed by atoms with van der Waals surface area (Å²) in [6.45, 7) is 4.12. The molecule has 5 heteroatoms. The first-order valence-corrected chi connectivity index (χ1v) is 5.92. The third-order valence-electron chi connectivity index (χ3n) is 2.79. The number of aromatic amines is 1. The van der Waals surface area contributed by atoms with Crippen molar-refractivity contribution in [3.05, 3.63) is 27.7 Å². The van der Waals surface area contributed by atoms with E-state index in [1.165, 1.54) is 6.07 Å². The van der Waals surface area contributed by atoms with Crippen LogP contribution in [0.2, 0.25) is 5.02 Å². The van der Waals surface area contributed by atoms with E-state index in [2.05, 4.69) is 18.8 Å². The molecule has 2 nitrogen and oxygen atoms in total. The van der Waals surface area contributed by atoms with Crippen LogP contribution in [0.4, 0.5) is 4.39 Å². The van der Waals surface area contributed by atoms with Crippen molar-refractivity contribution in [1.82, 2.24) is 9.55 Å². The summed E-state index contributed by atoms with van der Waals surface area (Å²) in [5, 5.41) is 0.111. The van der Waals surface area contributed by atoms with Crippen LogP contribution >= 0.6 is 23.8 Å². The summed E-state index contributed by atoms with van der Waals surface area (Å²) in [5.41, 5.74) is 1.54. The lowest BCUT2D eigenvalue weighted by atomic mass is 10.2. The minimum atomic E-state index is -0.416. The van der Waals surface area contributed by atoms with Gasteiger partial charge in [0.15, 0.2) is 4.77 Å².